The van der Waals surface area contributed by atoms with Crippen molar-refractivity contribution in [3.8, 4) is 6.07 Å². The minimum atomic E-state index is 0.477. The molecule has 0 aliphatic carbocycles. The van der Waals surface area contributed by atoms with Crippen LogP contribution >= 0.6 is 0 Å². The van der Waals surface area contributed by atoms with Crippen LogP contribution in [0.3, 0.4) is 0 Å². The van der Waals surface area contributed by atoms with E-state index in [1.165, 1.54) is 19.4 Å². The van der Waals surface area contributed by atoms with Gasteiger partial charge in [0.05, 0.1) is 17.4 Å². The molecule has 4 heteroatoms. The summed E-state index contributed by atoms with van der Waals surface area (Å²) >= 11 is 0. The third-order valence-electron chi connectivity index (χ3n) is 3.45. The van der Waals surface area contributed by atoms with Crippen molar-refractivity contribution in [1.82, 2.24) is 9.88 Å². The maximum Gasteiger partial charge on any atom is 0.101 e. The normalized spacial score (nSPS) is 20.9. The fourth-order valence-electron chi connectivity index (χ4n) is 2.41. The number of nitrogens with zero attached hydrogens (tertiary/aromatic N) is 4. The molecule has 0 saturated carbocycles. The van der Waals surface area contributed by atoms with Gasteiger partial charge in [-0.15, -0.1) is 0 Å². The Balaban J connectivity index is 2.19. The number of pyridine rings is 1. The summed E-state index contributed by atoms with van der Waals surface area (Å²) in [6.07, 6.45) is 5.85. The van der Waals surface area contributed by atoms with E-state index in [1.54, 1.807) is 18.5 Å². The van der Waals surface area contributed by atoms with Crippen molar-refractivity contribution in [3.63, 3.8) is 0 Å². The van der Waals surface area contributed by atoms with Gasteiger partial charge in [-0.3, -0.25) is 4.98 Å². The molecular weight excluding hydrogens is 212 g/mol. The van der Waals surface area contributed by atoms with Gasteiger partial charge in [-0.25, -0.2) is 0 Å². The Bertz CT molecular complexity index is 424. The zero-order valence-corrected chi connectivity index (χ0v) is 10.4. The molecule has 0 N–H and O–H groups in total. The van der Waals surface area contributed by atoms with Gasteiger partial charge < -0.3 is 9.80 Å². The molecule has 1 atom stereocenters. The quantitative estimate of drug-likeness (QED) is 0.772. The van der Waals surface area contributed by atoms with E-state index in [2.05, 4.69) is 34.9 Å². The maximum atomic E-state index is 9.10. The van der Waals surface area contributed by atoms with Crippen molar-refractivity contribution >= 4 is 5.69 Å². The molecular formula is C13H18N4. The van der Waals surface area contributed by atoms with Gasteiger partial charge in [0.1, 0.15) is 6.07 Å². The minimum Gasteiger partial charge on any atom is -0.368 e. The number of piperidine rings is 1. The molecule has 90 valence electrons. The number of hydrogen-bond acceptors (Lipinski definition) is 4. The molecule has 1 aliphatic rings. The van der Waals surface area contributed by atoms with Crippen LogP contribution in [0, 0.1) is 11.3 Å². The molecule has 1 aliphatic heterocycles. The number of likely N-dealkylation sites (tertiary alicyclic amines) is 1. The lowest BCUT2D eigenvalue weighted by Crippen LogP contribution is -2.45. The first-order valence-electron chi connectivity index (χ1n) is 5.98. The highest BCUT2D eigenvalue weighted by molar-refractivity contribution is 5.57. The molecule has 4 nitrogen and oxygen atoms in total. The first kappa shape index (κ1) is 11.9. The number of hydrogen-bond donors (Lipinski definition) is 0. The fraction of sp³-hybridized carbons (Fsp3) is 0.538. The third-order valence-corrected chi connectivity index (χ3v) is 3.45. The molecule has 0 spiro atoms. The minimum absolute atomic E-state index is 0.477. The second kappa shape index (κ2) is 5.15. The Kier molecular flexibility index (Phi) is 3.60. The van der Waals surface area contributed by atoms with E-state index in [0.717, 1.165) is 12.2 Å². The fourth-order valence-corrected chi connectivity index (χ4v) is 2.41. The van der Waals surface area contributed by atoms with Crippen LogP contribution in [0.15, 0.2) is 18.5 Å². The van der Waals surface area contributed by atoms with Gasteiger partial charge in [0.25, 0.3) is 0 Å². The summed E-state index contributed by atoms with van der Waals surface area (Å²) in [5, 5.41) is 9.10. The zero-order valence-electron chi connectivity index (χ0n) is 10.4. The van der Waals surface area contributed by atoms with E-state index >= 15 is 0 Å². The maximum absolute atomic E-state index is 9.10. The summed E-state index contributed by atoms with van der Waals surface area (Å²) in [4.78, 5) is 8.66. The second-order valence-electron chi connectivity index (χ2n) is 4.67. The van der Waals surface area contributed by atoms with Crippen LogP contribution in [-0.2, 0) is 0 Å². The lowest BCUT2D eigenvalue weighted by atomic mass is 10.0. The number of likely N-dealkylation sites (N-methyl/N-ethyl adjacent to an activating group) is 2. The summed E-state index contributed by atoms with van der Waals surface area (Å²) in [5.41, 5.74) is 1.64. The summed E-state index contributed by atoms with van der Waals surface area (Å²) < 4.78 is 0. The van der Waals surface area contributed by atoms with Crippen LogP contribution in [0.4, 0.5) is 5.69 Å². The molecule has 0 radical (unpaired) electrons. The number of anilines is 1. The molecule has 1 saturated heterocycles. The number of rotatable bonds is 2. The van der Waals surface area contributed by atoms with Gasteiger partial charge in [0, 0.05) is 25.8 Å². The van der Waals surface area contributed by atoms with Gasteiger partial charge in [-0.2, -0.15) is 5.26 Å². The standard InChI is InChI=1S/C13H18N4/c1-16-7-3-4-12(10-16)17(2)13-9-15-6-5-11(13)8-14/h5-6,9,12H,3-4,7,10H2,1-2H3. The third kappa shape index (κ3) is 2.56. The van der Waals surface area contributed by atoms with Gasteiger partial charge >= 0.3 is 0 Å². The second-order valence-corrected chi connectivity index (χ2v) is 4.67. The summed E-state index contributed by atoms with van der Waals surface area (Å²) in [6.45, 7) is 2.22. The molecule has 0 bridgehead atoms. The molecule has 0 aromatic carbocycles. The van der Waals surface area contributed by atoms with Crippen LogP contribution < -0.4 is 4.90 Å². The first-order valence-corrected chi connectivity index (χ1v) is 5.98. The highest BCUT2D eigenvalue weighted by atomic mass is 15.2. The Morgan fingerprint density at radius 2 is 2.41 bits per heavy atom. The molecule has 2 heterocycles. The Hall–Kier alpha value is -1.60. The van der Waals surface area contributed by atoms with Crippen LogP contribution in [0.5, 0.6) is 0 Å². The summed E-state index contributed by atoms with van der Waals surface area (Å²) in [7, 11) is 4.20. The average molecular weight is 230 g/mol. The average Bonchev–Trinajstić information content (AvgIpc) is 2.38. The van der Waals surface area contributed by atoms with E-state index in [0.29, 0.717) is 11.6 Å². The topological polar surface area (TPSA) is 43.2 Å². The SMILES string of the molecule is CN1CCCC(N(C)c2cnccc2C#N)C1. The first-order chi connectivity index (χ1) is 8.22. The largest absolute Gasteiger partial charge is 0.368 e. The van der Waals surface area contributed by atoms with Crippen LogP contribution in [0.25, 0.3) is 0 Å². The number of aromatic nitrogens is 1. The smallest absolute Gasteiger partial charge is 0.101 e. The molecule has 17 heavy (non-hydrogen) atoms. The molecule has 1 aromatic heterocycles. The highest BCUT2D eigenvalue weighted by Crippen LogP contribution is 2.23. The highest BCUT2D eigenvalue weighted by Gasteiger charge is 2.22. The van der Waals surface area contributed by atoms with Crippen LogP contribution in [0.2, 0.25) is 0 Å². The predicted molar refractivity (Wildman–Crippen MR) is 67.9 cm³/mol. The molecule has 0 amide bonds. The molecule has 1 fully saturated rings. The molecule has 2 rings (SSSR count). The monoisotopic (exact) mass is 230 g/mol. The van der Waals surface area contributed by atoms with Crippen molar-refractivity contribution in [2.45, 2.75) is 18.9 Å². The Labute approximate surface area is 102 Å². The van der Waals surface area contributed by atoms with Gasteiger partial charge in [-0.05, 0) is 32.5 Å². The van der Waals surface area contributed by atoms with Gasteiger partial charge in [0.15, 0.2) is 0 Å². The van der Waals surface area contributed by atoms with Crippen molar-refractivity contribution in [3.05, 3.63) is 24.0 Å². The van der Waals surface area contributed by atoms with Gasteiger partial charge in [-0.1, -0.05) is 0 Å². The van der Waals surface area contributed by atoms with E-state index in [9.17, 15) is 0 Å². The summed E-state index contributed by atoms with van der Waals surface area (Å²) in [5.74, 6) is 0. The Morgan fingerprint density at radius 1 is 1.59 bits per heavy atom. The molecule has 1 unspecified atom stereocenters. The van der Waals surface area contributed by atoms with Crippen molar-refractivity contribution in [2.24, 2.45) is 0 Å². The van der Waals surface area contributed by atoms with Crippen LogP contribution in [0.1, 0.15) is 18.4 Å². The van der Waals surface area contributed by atoms with E-state index in [4.69, 9.17) is 5.26 Å². The van der Waals surface area contributed by atoms with E-state index in [-0.39, 0.29) is 0 Å². The Morgan fingerprint density at radius 3 is 3.12 bits per heavy atom. The van der Waals surface area contributed by atoms with E-state index < -0.39 is 0 Å². The van der Waals surface area contributed by atoms with Crippen molar-refractivity contribution in [1.29, 1.82) is 5.26 Å². The van der Waals surface area contributed by atoms with Crippen molar-refractivity contribution in [2.75, 3.05) is 32.1 Å². The zero-order chi connectivity index (χ0) is 12.3. The van der Waals surface area contributed by atoms with E-state index in [1.807, 2.05) is 0 Å². The lowest BCUT2D eigenvalue weighted by Gasteiger charge is -2.37. The number of nitriles is 1. The summed E-state index contributed by atoms with van der Waals surface area (Å²) in [6, 6.07) is 4.48. The van der Waals surface area contributed by atoms with Crippen LogP contribution in [-0.4, -0.2) is 43.1 Å². The predicted octanol–water partition coefficient (Wildman–Crippen LogP) is 1.48. The van der Waals surface area contributed by atoms with Gasteiger partial charge in [0.2, 0.25) is 0 Å². The van der Waals surface area contributed by atoms with Crippen molar-refractivity contribution < 1.29 is 0 Å². The lowest BCUT2D eigenvalue weighted by molar-refractivity contribution is 0.248. The molecule has 1 aromatic rings.